The Bertz CT molecular complexity index is 2860. The Labute approximate surface area is 720 Å². The first-order valence-corrected chi connectivity index (χ1v) is 43.0. The third-order valence-corrected chi connectivity index (χ3v) is 25.4. The van der Waals surface area contributed by atoms with E-state index in [-0.39, 0.29) is 216 Å². The number of nitrogens with zero attached hydrogens (tertiary/aromatic N) is 1. The van der Waals surface area contributed by atoms with Crippen molar-refractivity contribution in [3.63, 3.8) is 0 Å². The fraction of sp³-hybridized carbons (Fsp3) is 0.766. The Balaban J connectivity index is -0.0000000950. The Hall–Kier alpha value is -1.00. The second-order valence-corrected chi connectivity index (χ2v) is 34.1. The van der Waals surface area contributed by atoms with Gasteiger partial charge in [-0.3, -0.25) is 38.4 Å². The van der Waals surface area contributed by atoms with Gasteiger partial charge in [-0.25, -0.2) is 34.8 Å². The van der Waals surface area contributed by atoms with E-state index in [4.69, 9.17) is 14.9 Å². The molecule has 5 saturated heterocycles. The molecule has 7 unspecified atom stereocenters. The number of hydrogen-bond acceptors (Lipinski definition) is 32. The minimum Gasteiger partial charge on any atom is -1.00 e. The van der Waals surface area contributed by atoms with Crippen molar-refractivity contribution in [1.29, 1.82) is 0 Å². The number of carboxylic acids is 1. The first-order valence-electron chi connectivity index (χ1n) is 31.8. The van der Waals surface area contributed by atoms with E-state index in [2.05, 4.69) is 58.8 Å². The number of ketones is 2. The summed E-state index contributed by atoms with van der Waals surface area (Å²) in [6, 6.07) is 0. The fourth-order valence-electron chi connectivity index (χ4n) is 9.08. The van der Waals surface area contributed by atoms with E-state index in [1.165, 1.54) is 88.1 Å². The number of Topliss-reactive ketones (excluding diaryl/α,β-unsaturated/α-hetero) is 2. The van der Waals surface area contributed by atoms with E-state index >= 15 is 0 Å². The number of esters is 7. The molecule has 0 saturated carbocycles. The summed E-state index contributed by atoms with van der Waals surface area (Å²) in [7, 11) is 2.69. The average molecular weight is 1800 g/mol. The van der Waals surface area contributed by atoms with E-state index in [9.17, 15) is 78.3 Å². The van der Waals surface area contributed by atoms with Crippen molar-refractivity contribution in [2.24, 2.45) is 29.6 Å². The fourth-order valence-corrected chi connectivity index (χ4v) is 18.8. The molecule has 0 aliphatic carbocycles. The van der Waals surface area contributed by atoms with Gasteiger partial charge in [0.15, 0.2) is 29.5 Å². The number of thioether (sulfide) groups is 5. The number of aliphatic hydroxyl groups excluding tert-OH is 1. The van der Waals surface area contributed by atoms with Crippen LogP contribution in [0.15, 0.2) is 23.3 Å². The smallest absolute Gasteiger partial charge is 1.00 e. The topological polar surface area (TPSA) is 445 Å². The number of aliphatic hydroxyl groups is 1. The van der Waals surface area contributed by atoms with E-state index in [1.54, 1.807) is 60.2 Å². The van der Waals surface area contributed by atoms with Crippen molar-refractivity contribution in [2.45, 2.75) is 104 Å². The van der Waals surface area contributed by atoms with Gasteiger partial charge in [-0.15, -0.1) is 12.4 Å². The predicted molar refractivity (Wildman–Crippen MR) is 412 cm³/mol. The number of allylic oxidation sites excluding steroid dienone is 2. The van der Waals surface area contributed by atoms with E-state index in [0.717, 1.165) is 60.0 Å². The van der Waals surface area contributed by atoms with Crippen LogP contribution >= 0.6 is 71.2 Å². The van der Waals surface area contributed by atoms with Gasteiger partial charge in [-0.05, 0) is 95.2 Å². The van der Waals surface area contributed by atoms with Gasteiger partial charge < -0.3 is 72.4 Å². The number of carbonyl (C=O) groups is 10. The molecule has 4 N–H and O–H groups in total. The van der Waals surface area contributed by atoms with Crippen molar-refractivity contribution < 1.29 is 214 Å². The first-order chi connectivity index (χ1) is 46.8. The van der Waals surface area contributed by atoms with Crippen LogP contribution in [0.1, 0.15) is 94.8 Å². The number of halogens is 1. The standard InChI is InChI=1S/C8H14O3S.C7H12O4S.C7H10O4S.C7H12O3S.C7H10O3S.C7H12O3S.C7H10O2S.C6H15N.C6H10O4S.CH3O.CH3.B.ClH.2Na.H2O.Pd.H2.H/c1-10-7-3-4-12-5-6(7)8(9)11-2;2*1-11-7(8)6-3-2-4-12(9,10)5-6;2*1-10-7(9)5-4-11-3-2-6(5)8;1-6(8)5-11-4-3-7(9)10-2;1-9-7(8)6-3-2-4-10-5-6;1-4-7(5-2)6-3;7-6(8)5-2-1-3-11(9,10)4-5;1-2;;;;;;;;;/h6-7H,3-5H2,1-2H3;6H,2-5H2,1H3;3H,2,4-5H2,1H3;5-6,8H,2-4H2,1H3;5H,2-4H2,1H3;3-5H2,1-2H3;3H,2,4-5H2,1H3;4-6H2,1-3H3;5H,1-4H2,(H,7,8);1H3;1H3;;1H;;;1H2;;1H;/q;;;;;;;;;2*-1;;;2*+1;;;;-1. The molecule has 0 aromatic carbocycles. The molecule has 3 radical (unpaired) electrons. The van der Waals surface area contributed by atoms with Crippen molar-refractivity contribution in [1.82, 2.24) is 4.90 Å². The summed E-state index contributed by atoms with van der Waals surface area (Å²) < 4.78 is 103. The van der Waals surface area contributed by atoms with E-state index in [0.29, 0.717) is 74.4 Å². The molecular weight excluding hydrogens is 1690 g/mol. The van der Waals surface area contributed by atoms with Gasteiger partial charge in [0.2, 0.25) is 0 Å². The van der Waals surface area contributed by atoms with Crippen LogP contribution in [0.4, 0.5) is 0 Å². The molecule has 7 aliphatic rings. The van der Waals surface area contributed by atoms with Gasteiger partial charge in [-0.1, -0.05) is 32.9 Å². The number of rotatable bonds is 16. The quantitative estimate of drug-likeness (QED) is 0.0418. The summed E-state index contributed by atoms with van der Waals surface area (Å²) in [4.78, 5) is 111. The molecule has 7 aliphatic heterocycles. The SMILES string of the molecule is CCN(CC)CC.COC(=O)C1=CCCS(=O)(=O)C1.COC(=O)C1=CCCSC1.COC(=O)C1CCCS(=O)(=O)C1.COC(=O)C1CSCCC1=O.COC(=O)C1CSCCC1O.COC(=O)C1CSCCC1OC.COC(=O)CCSCC(C)=O.C[O-].Cl.O.O=C(O)C1CCCS(=O)(=O)C1.[B].[CH3-].[H-].[HH].[Na+].[Na+].[Pd]. The summed E-state index contributed by atoms with van der Waals surface area (Å²) in [5.41, 5.74) is 1.07. The third-order valence-electron chi connectivity index (χ3n) is 14.7. The molecule has 7 atom stereocenters. The maximum Gasteiger partial charge on any atom is 1.00 e. The molecule has 617 valence electrons. The average Bonchev–Trinajstić information content (AvgIpc) is 0.848. The molecular formula is C64H117BClNNa2O28PdS8-. The summed E-state index contributed by atoms with van der Waals surface area (Å²) in [5, 5.41) is 26.1. The van der Waals surface area contributed by atoms with Gasteiger partial charge in [0, 0.05) is 89.5 Å². The third kappa shape index (κ3) is 60.6. The molecule has 106 heavy (non-hydrogen) atoms. The summed E-state index contributed by atoms with van der Waals surface area (Å²) >= 11 is 8.34. The maximum absolute atomic E-state index is 11.2. The Morgan fingerprint density at radius 2 is 1.08 bits per heavy atom. The minimum atomic E-state index is -3.06. The zero-order valence-electron chi connectivity index (χ0n) is 65.3. The van der Waals surface area contributed by atoms with E-state index in [1.807, 2.05) is 6.08 Å². The molecule has 0 bridgehead atoms. The van der Waals surface area contributed by atoms with Crippen LogP contribution in [0.3, 0.4) is 0 Å². The monoisotopic (exact) mass is 1800 g/mol. The van der Waals surface area contributed by atoms with Crippen LogP contribution in [0, 0.1) is 37.0 Å². The van der Waals surface area contributed by atoms with Crippen LogP contribution in [-0.2, 0) is 136 Å². The van der Waals surface area contributed by atoms with Crippen LogP contribution in [-0.4, -0.2) is 301 Å². The van der Waals surface area contributed by atoms with Gasteiger partial charge >= 0.3 is 107 Å². The molecule has 0 aromatic rings. The van der Waals surface area contributed by atoms with Crippen LogP contribution in [0.2, 0.25) is 0 Å². The molecule has 0 spiro atoms. The molecule has 7 rings (SSSR count). The normalized spacial score (nSPS) is 21.2. The van der Waals surface area contributed by atoms with E-state index < -0.39 is 71.3 Å². The zero-order chi connectivity index (χ0) is 76.2. The second kappa shape index (κ2) is 75.4. The molecule has 0 aromatic heterocycles. The first kappa shape index (κ1) is 126. The molecule has 29 nitrogen and oxygen atoms in total. The Morgan fingerprint density at radius 1 is 0.613 bits per heavy atom. The van der Waals surface area contributed by atoms with Crippen LogP contribution < -0.4 is 64.2 Å². The molecule has 7 heterocycles. The zero-order valence-corrected chi connectivity index (χ0v) is 77.2. The van der Waals surface area contributed by atoms with Crippen molar-refractivity contribution in [3.05, 3.63) is 30.7 Å². The Morgan fingerprint density at radius 3 is 1.47 bits per heavy atom. The minimum absolute atomic E-state index is 0. The van der Waals surface area contributed by atoms with Crippen molar-refractivity contribution in [3.8, 4) is 0 Å². The number of hydrogen-bond donors (Lipinski definition) is 2. The number of ether oxygens (including phenoxy) is 8. The number of carbonyl (C=O) groups excluding carboxylic acids is 9. The summed E-state index contributed by atoms with van der Waals surface area (Å²) in [6.45, 7) is 11.7. The number of carboxylic acid groups (broad SMARTS) is 1. The van der Waals surface area contributed by atoms with Crippen LogP contribution in [0.5, 0.6) is 0 Å². The molecule has 0 amide bonds. The van der Waals surface area contributed by atoms with Crippen molar-refractivity contribution in [2.75, 3.05) is 176 Å². The summed E-state index contributed by atoms with van der Waals surface area (Å²) in [5.74, 6) is 3.15. The van der Waals surface area contributed by atoms with Gasteiger partial charge in [0.05, 0.1) is 132 Å². The number of aliphatic carboxylic acids is 1. The Kier molecular flexibility index (Phi) is 89.5. The predicted octanol–water partition coefficient (Wildman–Crippen LogP) is -2.08. The van der Waals surface area contributed by atoms with Crippen molar-refractivity contribution >= 4 is 168 Å². The number of sulfone groups is 3. The van der Waals surface area contributed by atoms with Gasteiger partial charge in [0.1, 0.15) is 17.5 Å². The number of methoxy groups -OCH3 is 8. The summed E-state index contributed by atoms with van der Waals surface area (Å²) in [6.07, 6.45) is 9.26. The molecule has 42 heteroatoms. The molecule has 5 fully saturated rings. The van der Waals surface area contributed by atoms with Gasteiger partial charge in [-0.2, -0.15) is 65.9 Å². The van der Waals surface area contributed by atoms with Gasteiger partial charge in [0.25, 0.3) is 0 Å². The maximum atomic E-state index is 11.2. The second-order valence-electron chi connectivity index (χ2n) is 21.8. The van der Waals surface area contributed by atoms with Crippen LogP contribution in [0.25, 0.3) is 0 Å². The largest absolute Gasteiger partial charge is 1.00 e.